The van der Waals surface area contributed by atoms with Gasteiger partial charge in [0, 0.05) is 12.0 Å². The Morgan fingerprint density at radius 2 is 2.33 bits per heavy atom. The number of piperidine rings is 1. The molecule has 0 aromatic heterocycles. The minimum atomic E-state index is -0.409. The lowest BCUT2D eigenvalue weighted by Crippen LogP contribution is -2.40. The Labute approximate surface area is 111 Å². The van der Waals surface area contributed by atoms with E-state index in [9.17, 15) is 9.18 Å². The van der Waals surface area contributed by atoms with Gasteiger partial charge in [-0.15, -0.1) is 0 Å². The maximum absolute atomic E-state index is 12.9. The van der Waals surface area contributed by atoms with Crippen molar-refractivity contribution < 1.29 is 9.18 Å². The SMILES string of the molecule is CC1CC(C(=O)Nc2ccc(F)cc2Cl)CCN1. The van der Waals surface area contributed by atoms with Gasteiger partial charge < -0.3 is 10.6 Å². The smallest absolute Gasteiger partial charge is 0.227 e. The van der Waals surface area contributed by atoms with Crippen molar-refractivity contribution >= 4 is 23.2 Å². The van der Waals surface area contributed by atoms with Gasteiger partial charge in [0.25, 0.3) is 0 Å². The van der Waals surface area contributed by atoms with Crippen LogP contribution in [0.15, 0.2) is 18.2 Å². The van der Waals surface area contributed by atoms with Gasteiger partial charge in [0.15, 0.2) is 0 Å². The number of halogens is 2. The summed E-state index contributed by atoms with van der Waals surface area (Å²) >= 11 is 5.87. The lowest BCUT2D eigenvalue weighted by atomic mass is 9.92. The van der Waals surface area contributed by atoms with E-state index in [4.69, 9.17) is 11.6 Å². The molecule has 0 aliphatic carbocycles. The molecule has 0 saturated carbocycles. The van der Waals surface area contributed by atoms with Crippen LogP contribution in [0, 0.1) is 11.7 Å². The van der Waals surface area contributed by atoms with Gasteiger partial charge >= 0.3 is 0 Å². The molecule has 1 aliphatic rings. The third-order valence-electron chi connectivity index (χ3n) is 3.18. The molecule has 1 aromatic rings. The molecule has 5 heteroatoms. The quantitative estimate of drug-likeness (QED) is 0.868. The molecular formula is C13H16ClFN2O. The Bertz CT molecular complexity index is 453. The molecule has 0 bridgehead atoms. The third-order valence-corrected chi connectivity index (χ3v) is 3.50. The first-order valence-corrected chi connectivity index (χ1v) is 6.43. The molecule has 2 unspecified atom stereocenters. The fraction of sp³-hybridized carbons (Fsp3) is 0.462. The fourth-order valence-electron chi connectivity index (χ4n) is 2.20. The average Bonchev–Trinajstić information content (AvgIpc) is 2.32. The monoisotopic (exact) mass is 270 g/mol. The first-order valence-electron chi connectivity index (χ1n) is 6.05. The largest absolute Gasteiger partial charge is 0.325 e. The van der Waals surface area contributed by atoms with E-state index in [0.717, 1.165) is 19.4 Å². The number of nitrogens with one attached hydrogen (secondary N) is 2. The highest BCUT2D eigenvalue weighted by Crippen LogP contribution is 2.24. The van der Waals surface area contributed by atoms with Crippen LogP contribution in [0.25, 0.3) is 0 Å². The first kappa shape index (κ1) is 13.3. The Hall–Kier alpha value is -1.13. The Kier molecular flexibility index (Phi) is 4.19. The lowest BCUT2D eigenvalue weighted by Gasteiger charge is -2.27. The van der Waals surface area contributed by atoms with Crippen molar-refractivity contribution in [3.8, 4) is 0 Å². The highest BCUT2D eigenvalue weighted by Gasteiger charge is 2.25. The van der Waals surface area contributed by atoms with Crippen LogP contribution < -0.4 is 10.6 Å². The molecule has 18 heavy (non-hydrogen) atoms. The van der Waals surface area contributed by atoms with E-state index in [1.54, 1.807) is 0 Å². The minimum absolute atomic E-state index is 0.0117. The van der Waals surface area contributed by atoms with Gasteiger partial charge in [-0.25, -0.2) is 4.39 Å². The van der Waals surface area contributed by atoms with E-state index in [1.807, 2.05) is 0 Å². The summed E-state index contributed by atoms with van der Waals surface area (Å²) in [7, 11) is 0. The number of anilines is 1. The average molecular weight is 271 g/mol. The van der Waals surface area contributed by atoms with Gasteiger partial charge in [-0.3, -0.25) is 4.79 Å². The van der Waals surface area contributed by atoms with E-state index in [0.29, 0.717) is 11.7 Å². The normalized spacial score (nSPS) is 23.7. The highest BCUT2D eigenvalue weighted by atomic mass is 35.5. The fourth-order valence-corrected chi connectivity index (χ4v) is 2.41. The minimum Gasteiger partial charge on any atom is -0.325 e. The zero-order chi connectivity index (χ0) is 13.1. The first-order chi connectivity index (χ1) is 8.56. The van der Waals surface area contributed by atoms with Crippen LogP contribution in [0.5, 0.6) is 0 Å². The molecule has 2 atom stereocenters. The van der Waals surface area contributed by atoms with Crippen molar-refractivity contribution in [1.82, 2.24) is 5.32 Å². The number of amides is 1. The molecule has 1 saturated heterocycles. The molecule has 1 amide bonds. The molecule has 0 radical (unpaired) electrons. The van der Waals surface area contributed by atoms with Crippen molar-refractivity contribution in [1.29, 1.82) is 0 Å². The standard InChI is InChI=1S/C13H16ClFN2O/c1-8-6-9(4-5-16-8)13(18)17-12-3-2-10(15)7-11(12)14/h2-3,7-9,16H,4-6H2,1H3,(H,17,18). The molecule has 1 heterocycles. The molecular weight excluding hydrogens is 255 g/mol. The van der Waals surface area contributed by atoms with E-state index in [-0.39, 0.29) is 16.8 Å². The number of carbonyl (C=O) groups is 1. The van der Waals surface area contributed by atoms with Gasteiger partial charge in [-0.2, -0.15) is 0 Å². The molecule has 3 nitrogen and oxygen atoms in total. The Morgan fingerprint density at radius 3 is 3.00 bits per heavy atom. The molecule has 2 rings (SSSR count). The van der Waals surface area contributed by atoms with Crippen LogP contribution in [0.1, 0.15) is 19.8 Å². The van der Waals surface area contributed by atoms with Crippen LogP contribution >= 0.6 is 11.6 Å². The summed E-state index contributed by atoms with van der Waals surface area (Å²) in [4.78, 5) is 12.1. The van der Waals surface area contributed by atoms with E-state index < -0.39 is 5.82 Å². The van der Waals surface area contributed by atoms with Crippen molar-refractivity contribution in [2.24, 2.45) is 5.92 Å². The summed E-state index contributed by atoms with van der Waals surface area (Å²) in [5, 5.41) is 6.28. The molecule has 1 fully saturated rings. The van der Waals surface area contributed by atoms with Crippen molar-refractivity contribution in [3.63, 3.8) is 0 Å². The number of hydrogen-bond acceptors (Lipinski definition) is 2. The number of rotatable bonds is 2. The summed E-state index contributed by atoms with van der Waals surface area (Å²) in [5.41, 5.74) is 0.467. The zero-order valence-electron chi connectivity index (χ0n) is 10.2. The van der Waals surface area contributed by atoms with Crippen molar-refractivity contribution in [2.45, 2.75) is 25.8 Å². The van der Waals surface area contributed by atoms with Crippen LogP contribution in [0.3, 0.4) is 0 Å². The molecule has 1 aromatic carbocycles. The summed E-state index contributed by atoms with van der Waals surface area (Å²) in [5.74, 6) is -0.465. The highest BCUT2D eigenvalue weighted by molar-refractivity contribution is 6.33. The van der Waals surface area contributed by atoms with Gasteiger partial charge in [0.1, 0.15) is 5.82 Å². The molecule has 98 valence electrons. The van der Waals surface area contributed by atoms with Gasteiger partial charge in [0.05, 0.1) is 10.7 Å². The second-order valence-electron chi connectivity index (χ2n) is 4.69. The van der Waals surface area contributed by atoms with Gasteiger partial charge in [-0.05, 0) is 44.5 Å². The number of carbonyl (C=O) groups excluding carboxylic acids is 1. The van der Waals surface area contributed by atoms with Crippen LogP contribution in [-0.4, -0.2) is 18.5 Å². The number of hydrogen-bond donors (Lipinski definition) is 2. The maximum atomic E-state index is 12.9. The van der Waals surface area contributed by atoms with E-state index in [2.05, 4.69) is 17.6 Å². The summed E-state index contributed by atoms with van der Waals surface area (Å²) in [6, 6.07) is 4.31. The molecule has 2 N–H and O–H groups in total. The second kappa shape index (κ2) is 5.67. The zero-order valence-corrected chi connectivity index (χ0v) is 10.9. The summed E-state index contributed by atoms with van der Waals surface area (Å²) in [6.07, 6.45) is 1.62. The van der Waals surface area contributed by atoms with Crippen LogP contribution in [-0.2, 0) is 4.79 Å². The second-order valence-corrected chi connectivity index (χ2v) is 5.10. The van der Waals surface area contributed by atoms with Crippen molar-refractivity contribution in [3.05, 3.63) is 29.0 Å². The predicted molar refractivity (Wildman–Crippen MR) is 70.2 cm³/mol. The third kappa shape index (κ3) is 3.21. The van der Waals surface area contributed by atoms with Gasteiger partial charge in [-0.1, -0.05) is 11.6 Å². The van der Waals surface area contributed by atoms with E-state index >= 15 is 0 Å². The maximum Gasteiger partial charge on any atom is 0.227 e. The predicted octanol–water partition coefficient (Wildman–Crippen LogP) is 2.81. The Balaban J connectivity index is 2.02. The topological polar surface area (TPSA) is 41.1 Å². The van der Waals surface area contributed by atoms with E-state index in [1.165, 1.54) is 18.2 Å². The van der Waals surface area contributed by atoms with Gasteiger partial charge in [0.2, 0.25) is 5.91 Å². The summed E-state index contributed by atoms with van der Waals surface area (Å²) in [6.45, 7) is 2.90. The van der Waals surface area contributed by atoms with Crippen LogP contribution in [0.2, 0.25) is 5.02 Å². The molecule has 0 spiro atoms. The Morgan fingerprint density at radius 1 is 1.56 bits per heavy atom. The lowest BCUT2D eigenvalue weighted by molar-refractivity contribution is -0.120. The molecule has 1 aliphatic heterocycles. The van der Waals surface area contributed by atoms with Crippen LogP contribution in [0.4, 0.5) is 10.1 Å². The van der Waals surface area contributed by atoms with Crippen molar-refractivity contribution in [2.75, 3.05) is 11.9 Å². The number of benzene rings is 1. The summed E-state index contributed by atoms with van der Waals surface area (Å²) < 4.78 is 12.9.